The summed E-state index contributed by atoms with van der Waals surface area (Å²) in [6, 6.07) is 0.690. The van der Waals surface area contributed by atoms with Crippen molar-refractivity contribution >= 4 is 5.91 Å². The lowest BCUT2D eigenvalue weighted by Crippen LogP contribution is -2.60. The molecule has 0 radical (unpaired) electrons. The van der Waals surface area contributed by atoms with Crippen LogP contribution in [0.1, 0.15) is 20.8 Å². The standard InChI is InChI=1S/C12H21N3O/c1-5-6-13-12(16)11(4)15-8-9(2)14-7-10(15)3/h1,9-11,14H,6-8H2,2-4H3,(H,13,16). The first-order valence-corrected chi connectivity index (χ1v) is 5.76. The molecule has 1 aliphatic heterocycles. The van der Waals surface area contributed by atoms with E-state index >= 15 is 0 Å². The topological polar surface area (TPSA) is 44.4 Å². The molecule has 0 aromatic rings. The summed E-state index contributed by atoms with van der Waals surface area (Å²) in [5.41, 5.74) is 0. The second-order valence-electron chi connectivity index (χ2n) is 4.45. The van der Waals surface area contributed by atoms with Crippen molar-refractivity contribution in [3.8, 4) is 12.3 Å². The van der Waals surface area contributed by atoms with Crippen LogP contribution in [0, 0.1) is 12.3 Å². The summed E-state index contributed by atoms with van der Waals surface area (Å²) in [6.07, 6.45) is 5.12. The molecule has 4 heteroatoms. The van der Waals surface area contributed by atoms with Crippen LogP contribution < -0.4 is 10.6 Å². The van der Waals surface area contributed by atoms with Crippen LogP contribution in [-0.2, 0) is 4.79 Å². The van der Waals surface area contributed by atoms with Crippen LogP contribution in [0.25, 0.3) is 0 Å². The summed E-state index contributed by atoms with van der Waals surface area (Å²) in [6.45, 7) is 8.31. The fraction of sp³-hybridized carbons (Fsp3) is 0.750. The average molecular weight is 223 g/mol. The molecular weight excluding hydrogens is 202 g/mol. The summed E-state index contributed by atoms with van der Waals surface area (Å²) >= 11 is 0. The first kappa shape index (κ1) is 13.0. The Balaban J connectivity index is 2.54. The van der Waals surface area contributed by atoms with Crippen molar-refractivity contribution in [2.75, 3.05) is 19.6 Å². The molecule has 3 unspecified atom stereocenters. The van der Waals surface area contributed by atoms with Gasteiger partial charge in [0.25, 0.3) is 0 Å². The number of piperazine rings is 1. The number of nitrogens with zero attached hydrogens (tertiary/aromatic N) is 1. The summed E-state index contributed by atoms with van der Waals surface area (Å²) in [7, 11) is 0. The molecule has 1 heterocycles. The number of carbonyl (C=O) groups excluding carboxylic acids is 1. The van der Waals surface area contributed by atoms with E-state index < -0.39 is 0 Å². The molecule has 3 atom stereocenters. The van der Waals surface area contributed by atoms with Crippen LogP contribution in [-0.4, -0.2) is 48.6 Å². The minimum absolute atomic E-state index is 0.0129. The molecule has 1 rings (SSSR count). The van der Waals surface area contributed by atoms with Gasteiger partial charge in [-0.15, -0.1) is 6.42 Å². The zero-order chi connectivity index (χ0) is 12.1. The van der Waals surface area contributed by atoms with Gasteiger partial charge in [0.1, 0.15) is 0 Å². The van der Waals surface area contributed by atoms with Crippen molar-refractivity contribution in [1.82, 2.24) is 15.5 Å². The summed E-state index contributed by atoms with van der Waals surface area (Å²) in [5.74, 6) is 2.43. The molecule has 0 spiro atoms. The molecular formula is C12H21N3O. The van der Waals surface area contributed by atoms with Gasteiger partial charge in [0.2, 0.25) is 5.91 Å². The number of nitrogens with one attached hydrogen (secondary N) is 2. The Morgan fingerprint density at radius 2 is 2.38 bits per heavy atom. The van der Waals surface area contributed by atoms with Gasteiger partial charge in [-0.3, -0.25) is 9.69 Å². The third-order valence-corrected chi connectivity index (χ3v) is 3.05. The number of hydrogen-bond donors (Lipinski definition) is 2. The molecule has 1 saturated heterocycles. The molecule has 0 aromatic heterocycles. The maximum absolute atomic E-state index is 11.8. The zero-order valence-corrected chi connectivity index (χ0v) is 10.3. The predicted octanol–water partition coefficient (Wildman–Crippen LogP) is -0.193. The highest BCUT2D eigenvalue weighted by atomic mass is 16.2. The summed E-state index contributed by atoms with van der Waals surface area (Å²) in [5, 5.41) is 6.12. The van der Waals surface area contributed by atoms with E-state index in [9.17, 15) is 4.79 Å². The van der Waals surface area contributed by atoms with E-state index in [1.54, 1.807) is 0 Å². The highest BCUT2D eigenvalue weighted by Crippen LogP contribution is 2.11. The number of hydrogen-bond acceptors (Lipinski definition) is 3. The minimum Gasteiger partial charge on any atom is -0.344 e. The second kappa shape index (κ2) is 5.88. The van der Waals surface area contributed by atoms with Crippen molar-refractivity contribution in [1.29, 1.82) is 0 Å². The Kier molecular flexibility index (Phi) is 4.78. The van der Waals surface area contributed by atoms with E-state index in [1.807, 2.05) is 6.92 Å². The summed E-state index contributed by atoms with van der Waals surface area (Å²) < 4.78 is 0. The normalized spacial score (nSPS) is 28.1. The van der Waals surface area contributed by atoms with Gasteiger partial charge in [-0.25, -0.2) is 0 Å². The van der Waals surface area contributed by atoms with Crippen LogP contribution in [0.4, 0.5) is 0 Å². The van der Waals surface area contributed by atoms with E-state index in [1.165, 1.54) is 0 Å². The van der Waals surface area contributed by atoms with Gasteiger partial charge in [0, 0.05) is 25.2 Å². The lowest BCUT2D eigenvalue weighted by Gasteiger charge is -2.40. The number of rotatable bonds is 3. The number of amides is 1. The fourth-order valence-electron chi connectivity index (χ4n) is 2.03. The van der Waals surface area contributed by atoms with Crippen LogP contribution in [0.15, 0.2) is 0 Å². The largest absolute Gasteiger partial charge is 0.344 e. The Hall–Kier alpha value is -1.05. The van der Waals surface area contributed by atoms with E-state index in [0.29, 0.717) is 18.6 Å². The molecule has 1 fully saturated rings. The minimum atomic E-state index is -0.118. The first-order chi connectivity index (χ1) is 7.56. The Labute approximate surface area is 97.8 Å². The molecule has 16 heavy (non-hydrogen) atoms. The van der Waals surface area contributed by atoms with E-state index in [0.717, 1.165) is 13.1 Å². The molecule has 1 aliphatic rings. The molecule has 4 nitrogen and oxygen atoms in total. The van der Waals surface area contributed by atoms with Gasteiger partial charge < -0.3 is 10.6 Å². The Bertz CT molecular complexity index is 284. The lowest BCUT2D eigenvalue weighted by atomic mass is 10.1. The molecule has 0 bridgehead atoms. The summed E-state index contributed by atoms with van der Waals surface area (Å²) in [4.78, 5) is 14.0. The van der Waals surface area contributed by atoms with E-state index in [2.05, 4.69) is 35.3 Å². The Morgan fingerprint density at radius 3 is 3.00 bits per heavy atom. The fourth-order valence-corrected chi connectivity index (χ4v) is 2.03. The quantitative estimate of drug-likeness (QED) is 0.652. The van der Waals surface area contributed by atoms with Crippen molar-refractivity contribution < 1.29 is 4.79 Å². The molecule has 2 N–H and O–H groups in total. The maximum atomic E-state index is 11.8. The van der Waals surface area contributed by atoms with Crippen LogP contribution in [0.5, 0.6) is 0 Å². The van der Waals surface area contributed by atoms with Crippen molar-refractivity contribution in [2.24, 2.45) is 0 Å². The first-order valence-electron chi connectivity index (χ1n) is 5.76. The lowest BCUT2D eigenvalue weighted by molar-refractivity contribution is -0.127. The van der Waals surface area contributed by atoms with Crippen LogP contribution in [0.3, 0.4) is 0 Å². The van der Waals surface area contributed by atoms with Crippen molar-refractivity contribution in [2.45, 2.75) is 38.9 Å². The predicted molar refractivity (Wildman–Crippen MR) is 64.9 cm³/mol. The molecule has 90 valence electrons. The Morgan fingerprint density at radius 1 is 1.69 bits per heavy atom. The number of terminal acetylenes is 1. The molecule has 0 saturated carbocycles. The highest BCUT2D eigenvalue weighted by Gasteiger charge is 2.29. The van der Waals surface area contributed by atoms with Gasteiger partial charge in [-0.05, 0) is 20.8 Å². The molecule has 0 aromatic carbocycles. The van der Waals surface area contributed by atoms with E-state index in [4.69, 9.17) is 6.42 Å². The monoisotopic (exact) mass is 223 g/mol. The van der Waals surface area contributed by atoms with Gasteiger partial charge >= 0.3 is 0 Å². The van der Waals surface area contributed by atoms with Crippen molar-refractivity contribution in [3.63, 3.8) is 0 Å². The van der Waals surface area contributed by atoms with Crippen molar-refractivity contribution in [3.05, 3.63) is 0 Å². The smallest absolute Gasteiger partial charge is 0.237 e. The van der Waals surface area contributed by atoms with Gasteiger partial charge in [-0.1, -0.05) is 5.92 Å². The van der Waals surface area contributed by atoms with Crippen LogP contribution in [0.2, 0.25) is 0 Å². The van der Waals surface area contributed by atoms with Gasteiger partial charge in [0.05, 0.1) is 12.6 Å². The van der Waals surface area contributed by atoms with Gasteiger partial charge in [-0.2, -0.15) is 0 Å². The van der Waals surface area contributed by atoms with E-state index in [-0.39, 0.29) is 11.9 Å². The molecule has 1 amide bonds. The SMILES string of the molecule is C#CCNC(=O)C(C)N1CC(C)NCC1C. The third-order valence-electron chi connectivity index (χ3n) is 3.05. The second-order valence-corrected chi connectivity index (χ2v) is 4.45. The van der Waals surface area contributed by atoms with Crippen LogP contribution >= 0.6 is 0 Å². The third kappa shape index (κ3) is 3.22. The highest BCUT2D eigenvalue weighted by molar-refractivity contribution is 5.81. The van der Waals surface area contributed by atoms with Gasteiger partial charge in [0.15, 0.2) is 0 Å². The number of carbonyl (C=O) groups is 1. The molecule has 0 aliphatic carbocycles. The maximum Gasteiger partial charge on any atom is 0.237 e. The average Bonchev–Trinajstić information content (AvgIpc) is 2.28. The zero-order valence-electron chi connectivity index (χ0n) is 10.3.